The van der Waals surface area contributed by atoms with Gasteiger partial charge in [-0.3, -0.25) is 0 Å². The van der Waals surface area contributed by atoms with Crippen LogP contribution in [0.1, 0.15) is 23.7 Å². The van der Waals surface area contributed by atoms with Crippen molar-refractivity contribution < 1.29 is 4.74 Å². The van der Waals surface area contributed by atoms with E-state index in [1.807, 2.05) is 43.3 Å². The van der Waals surface area contributed by atoms with Crippen molar-refractivity contribution in [3.63, 3.8) is 0 Å². The van der Waals surface area contributed by atoms with Crippen LogP contribution in [0, 0.1) is 11.3 Å². The first-order valence-corrected chi connectivity index (χ1v) is 6.60. The molecule has 0 saturated carbocycles. The number of nitriles is 1. The number of ether oxygens (including phenoxy) is 1. The second-order valence-corrected chi connectivity index (χ2v) is 4.31. The molecule has 0 bridgehead atoms. The number of nitrogens with zero attached hydrogens (tertiary/aromatic N) is 2. The summed E-state index contributed by atoms with van der Waals surface area (Å²) in [6.45, 7) is 3.98. The molecular weight excluding hydrogens is 250 g/mol. The van der Waals surface area contributed by atoms with Crippen LogP contribution in [0.5, 0.6) is 5.75 Å². The Balaban J connectivity index is 1.93. The zero-order valence-electron chi connectivity index (χ0n) is 11.5. The fourth-order valence-corrected chi connectivity index (χ4v) is 1.94. The van der Waals surface area contributed by atoms with Crippen molar-refractivity contribution in [2.75, 3.05) is 6.61 Å². The third kappa shape index (κ3) is 3.81. The third-order valence-electron chi connectivity index (χ3n) is 2.85. The van der Waals surface area contributed by atoms with Crippen molar-refractivity contribution in [2.45, 2.75) is 20.0 Å². The van der Waals surface area contributed by atoms with Crippen molar-refractivity contribution in [3.8, 4) is 11.8 Å². The number of aromatic nitrogens is 1. The first-order valence-electron chi connectivity index (χ1n) is 6.60. The van der Waals surface area contributed by atoms with Gasteiger partial charge >= 0.3 is 0 Å². The Hall–Kier alpha value is -2.38. The number of benzene rings is 1. The molecule has 1 heterocycles. The topological polar surface area (TPSA) is 57.9 Å². The van der Waals surface area contributed by atoms with E-state index in [-0.39, 0.29) is 0 Å². The molecule has 0 atom stereocenters. The van der Waals surface area contributed by atoms with Crippen molar-refractivity contribution in [2.24, 2.45) is 0 Å². The van der Waals surface area contributed by atoms with Crippen molar-refractivity contribution in [1.29, 1.82) is 5.26 Å². The van der Waals surface area contributed by atoms with Gasteiger partial charge in [0.2, 0.25) is 0 Å². The maximum absolute atomic E-state index is 8.97. The number of hydrogen-bond acceptors (Lipinski definition) is 4. The average Bonchev–Trinajstić information content (AvgIpc) is 2.48. The van der Waals surface area contributed by atoms with Crippen LogP contribution in [-0.4, -0.2) is 11.6 Å². The quantitative estimate of drug-likeness (QED) is 0.874. The van der Waals surface area contributed by atoms with Gasteiger partial charge in [0.05, 0.1) is 6.61 Å². The van der Waals surface area contributed by atoms with Crippen LogP contribution in [0.15, 0.2) is 42.6 Å². The summed E-state index contributed by atoms with van der Waals surface area (Å²) in [7, 11) is 0. The molecule has 2 rings (SSSR count). The lowest BCUT2D eigenvalue weighted by atomic mass is 10.2. The summed E-state index contributed by atoms with van der Waals surface area (Å²) in [5.41, 5.74) is 2.54. The van der Waals surface area contributed by atoms with Gasteiger partial charge in [-0.15, -0.1) is 0 Å². The number of rotatable bonds is 6. The molecule has 0 spiro atoms. The number of pyridine rings is 1. The summed E-state index contributed by atoms with van der Waals surface area (Å²) in [5, 5.41) is 12.3. The monoisotopic (exact) mass is 267 g/mol. The predicted molar refractivity (Wildman–Crippen MR) is 77.1 cm³/mol. The van der Waals surface area contributed by atoms with Crippen molar-refractivity contribution in [1.82, 2.24) is 10.3 Å². The molecule has 1 N–H and O–H groups in total. The Morgan fingerprint density at radius 2 is 2.15 bits per heavy atom. The largest absolute Gasteiger partial charge is 0.494 e. The lowest BCUT2D eigenvalue weighted by Gasteiger charge is -2.08. The van der Waals surface area contributed by atoms with E-state index in [0.29, 0.717) is 18.8 Å². The van der Waals surface area contributed by atoms with Crippen LogP contribution in [-0.2, 0) is 13.1 Å². The Kier molecular flexibility index (Phi) is 5.10. The fraction of sp³-hybridized carbons (Fsp3) is 0.250. The van der Waals surface area contributed by atoms with Gasteiger partial charge in [0, 0.05) is 24.8 Å². The van der Waals surface area contributed by atoms with Gasteiger partial charge in [0.15, 0.2) is 0 Å². The Morgan fingerprint density at radius 3 is 2.95 bits per heavy atom. The predicted octanol–water partition coefficient (Wildman–Crippen LogP) is 2.64. The molecule has 0 aliphatic carbocycles. The minimum Gasteiger partial charge on any atom is -0.494 e. The van der Waals surface area contributed by atoms with Gasteiger partial charge in [0.1, 0.15) is 17.5 Å². The van der Waals surface area contributed by atoms with Gasteiger partial charge in [0.25, 0.3) is 0 Å². The Bertz CT molecular complexity index is 605. The highest BCUT2D eigenvalue weighted by Gasteiger charge is 2.02. The van der Waals surface area contributed by atoms with Crippen molar-refractivity contribution >= 4 is 0 Å². The van der Waals surface area contributed by atoms with Gasteiger partial charge in [-0.25, -0.2) is 4.98 Å². The summed E-state index contributed by atoms with van der Waals surface area (Å²) >= 11 is 0. The molecule has 4 heteroatoms. The van der Waals surface area contributed by atoms with Crippen LogP contribution < -0.4 is 10.1 Å². The molecule has 4 nitrogen and oxygen atoms in total. The van der Waals surface area contributed by atoms with E-state index in [9.17, 15) is 0 Å². The first-order chi connectivity index (χ1) is 9.83. The minimum absolute atomic E-state index is 0.475. The SMILES string of the molecule is CCOc1cccc(CNCc2cccnc2C#N)c1. The highest BCUT2D eigenvalue weighted by Crippen LogP contribution is 2.13. The third-order valence-corrected chi connectivity index (χ3v) is 2.85. The van der Waals surface area contributed by atoms with E-state index in [1.54, 1.807) is 6.20 Å². The van der Waals surface area contributed by atoms with Crippen molar-refractivity contribution in [3.05, 3.63) is 59.4 Å². The van der Waals surface area contributed by atoms with E-state index in [1.165, 1.54) is 0 Å². The van der Waals surface area contributed by atoms with Crippen LogP contribution >= 0.6 is 0 Å². The summed E-state index contributed by atoms with van der Waals surface area (Å²) in [5.74, 6) is 0.880. The van der Waals surface area contributed by atoms with Crippen LogP contribution in [0.2, 0.25) is 0 Å². The molecule has 1 aromatic heterocycles. The number of nitrogens with one attached hydrogen (secondary N) is 1. The first kappa shape index (κ1) is 14.0. The standard InChI is InChI=1S/C16H17N3O/c1-2-20-15-7-3-5-13(9-15)11-18-12-14-6-4-8-19-16(14)10-17/h3-9,18H,2,11-12H2,1H3. The molecule has 0 aliphatic rings. The summed E-state index contributed by atoms with van der Waals surface area (Å²) < 4.78 is 5.47. The summed E-state index contributed by atoms with van der Waals surface area (Å²) in [6, 6.07) is 13.8. The van der Waals surface area contributed by atoms with Gasteiger partial charge < -0.3 is 10.1 Å². The van der Waals surface area contributed by atoms with Crippen LogP contribution in [0.25, 0.3) is 0 Å². The molecule has 0 radical (unpaired) electrons. The fourth-order valence-electron chi connectivity index (χ4n) is 1.94. The van der Waals surface area contributed by atoms with E-state index in [4.69, 9.17) is 10.00 Å². The van der Waals surface area contributed by atoms with Gasteiger partial charge in [-0.2, -0.15) is 5.26 Å². The van der Waals surface area contributed by atoms with Gasteiger partial charge in [-0.05, 0) is 30.7 Å². The molecule has 20 heavy (non-hydrogen) atoms. The second kappa shape index (κ2) is 7.27. The Labute approximate surface area is 119 Å². The molecule has 0 saturated heterocycles. The maximum Gasteiger partial charge on any atom is 0.144 e. The molecule has 0 amide bonds. The zero-order chi connectivity index (χ0) is 14.2. The lowest BCUT2D eigenvalue weighted by Crippen LogP contribution is -2.14. The Morgan fingerprint density at radius 1 is 1.25 bits per heavy atom. The summed E-state index contributed by atoms with van der Waals surface area (Å²) in [4.78, 5) is 4.04. The molecule has 0 fully saturated rings. The van der Waals surface area contributed by atoms with Crippen LogP contribution in [0.3, 0.4) is 0 Å². The van der Waals surface area contributed by atoms with E-state index >= 15 is 0 Å². The van der Waals surface area contributed by atoms with Gasteiger partial charge in [-0.1, -0.05) is 18.2 Å². The lowest BCUT2D eigenvalue weighted by molar-refractivity contribution is 0.340. The van der Waals surface area contributed by atoms with Crippen LogP contribution in [0.4, 0.5) is 0 Å². The van der Waals surface area contributed by atoms with E-state index < -0.39 is 0 Å². The van der Waals surface area contributed by atoms with E-state index in [0.717, 1.165) is 23.4 Å². The molecule has 2 aromatic rings. The summed E-state index contributed by atoms with van der Waals surface area (Å²) in [6.07, 6.45) is 1.63. The normalized spacial score (nSPS) is 10.0. The average molecular weight is 267 g/mol. The maximum atomic E-state index is 8.97. The second-order valence-electron chi connectivity index (χ2n) is 4.31. The molecule has 0 unspecified atom stereocenters. The highest BCUT2D eigenvalue weighted by atomic mass is 16.5. The smallest absolute Gasteiger partial charge is 0.144 e. The molecule has 1 aromatic carbocycles. The highest BCUT2D eigenvalue weighted by molar-refractivity contribution is 5.31. The van der Waals surface area contributed by atoms with E-state index in [2.05, 4.69) is 16.4 Å². The number of hydrogen-bond donors (Lipinski definition) is 1. The zero-order valence-corrected chi connectivity index (χ0v) is 11.5. The molecule has 0 aliphatic heterocycles. The minimum atomic E-state index is 0.475. The molecular formula is C16H17N3O. The molecule has 102 valence electrons.